The molecule has 2 aliphatic rings. The Kier molecular flexibility index (Phi) is 4.95. The minimum absolute atomic E-state index is 0.203. The van der Waals surface area contributed by atoms with Crippen LogP contribution in [0.4, 0.5) is 18.9 Å². The number of hydrogen-bond donors (Lipinski definition) is 1. The zero-order valence-electron chi connectivity index (χ0n) is 16.3. The average Bonchev–Trinajstić information content (AvgIpc) is 3.08. The molecule has 2 aliphatic carbocycles. The monoisotopic (exact) mass is 418 g/mol. The van der Waals surface area contributed by atoms with Crippen molar-refractivity contribution in [3.63, 3.8) is 0 Å². The molecule has 0 bridgehead atoms. The van der Waals surface area contributed by atoms with Crippen LogP contribution in [0.1, 0.15) is 30.4 Å². The van der Waals surface area contributed by atoms with Crippen LogP contribution in [0.25, 0.3) is 0 Å². The van der Waals surface area contributed by atoms with Gasteiger partial charge >= 0.3 is 0 Å². The van der Waals surface area contributed by atoms with Gasteiger partial charge in [-0.15, -0.1) is 0 Å². The van der Waals surface area contributed by atoms with E-state index in [1.54, 1.807) is 18.2 Å². The topological polar surface area (TPSA) is 58.6 Å². The molecule has 4 rings (SSSR count). The molecule has 2 aromatic carbocycles. The van der Waals surface area contributed by atoms with E-state index in [1.165, 1.54) is 36.3 Å². The Bertz CT molecular complexity index is 989. The predicted octanol–water partition coefficient (Wildman–Crippen LogP) is 3.55. The molecule has 1 atom stereocenters. The van der Waals surface area contributed by atoms with Crippen molar-refractivity contribution < 1.29 is 27.5 Å². The fourth-order valence-electron chi connectivity index (χ4n) is 4.50. The highest BCUT2D eigenvalue weighted by molar-refractivity contribution is 5.99. The van der Waals surface area contributed by atoms with E-state index >= 15 is 0 Å². The number of rotatable bonds is 6. The van der Waals surface area contributed by atoms with E-state index in [1.807, 2.05) is 0 Å². The molecule has 0 aromatic heterocycles. The molecule has 0 heterocycles. The standard InChI is InChI=1S/C22H21F3N2O3/c1-30-19-7-3-6-18-17(19)8-9-22(18,20(29)26-15-11-21(24,25)12-15)27(13-28)16-5-2-4-14(23)10-16/h2-7,10,13,15H,8-9,11-12H2,1H3,(H,26,29)/t22-/m1/s1. The molecule has 0 radical (unpaired) electrons. The number of nitrogens with zero attached hydrogens (tertiary/aromatic N) is 1. The fraction of sp³-hybridized carbons (Fsp3) is 0.364. The minimum Gasteiger partial charge on any atom is -0.496 e. The Morgan fingerprint density at radius 2 is 1.97 bits per heavy atom. The quantitative estimate of drug-likeness (QED) is 0.730. The first-order valence-corrected chi connectivity index (χ1v) is 9.66. The van der Waals surface area contributed by atoms with Gasteiger partial charge in [0.25, 0.3) is 11.8 Å². The lowest BCUT2D eigenvalue weighted by molar-refractivity contribution is -0.135. The van der Waals surface area contributed by atoms with Crippen molar-refractivity contribution in [2.75, 3.05) is 12.0 Å². The summed E-state index contributed by atoms with van der Waals surface area (Å²) in [5.41, 5.74) is 0.0125. The van der Waals surface area contributed by atoms with Crippen LogP contribution < -0.4 is 15.0 Å². The third kappa shape index (κ3) is 3.20. The van der Waals surface area contributed by atoms with E-state index in [-0.39, 0.29) is 12.1 Å². The number of methoxy groups -OCH3 is 1. The maximum atomic E-state index is 13.9. The number of fused-ring (bicyclic) bond motifs is 1. The molecule has 8 heteroatoms. The third-order valence-corrected chi connectivity index (χ3v) is 5.94. The Morgan fingerprint density at radius 1 is 1.23 bits per heavy atom. The Labute approximate surface area is 171 Å². The maximum Gasteiger partial charge on any atom is 0.252 e. The zero-order chi connectivity index (χ0) is 21.5. The molecule has 0 unspecified atom stereocenters. The van der Waals surface area contributed by atoms with Crippen molar-refractivity contribution in [2.24, 2.45) is 0 Å². The second-order valence-electron chi connectivity index (χ2n) is 7.74. The molecule has 2 amide bonds. The number of ether oxygens (including phenoxy) is 1. The van der Waals surface area contributed by atoms with Gasteiger partial charge in [0.1, 0.15) is 11.6 Å². The van der Waals surface area contributed by atoms with E-state index in [9.17, 15) is 22.8 Å². The average molecular weight is 418 g/mol. The van der Waals surface area contributed by atoms with E-state index in [4.69, 9.17) is 4.74 Å². The molecule has 1 N–H and O–H groups in total. The molecule has 0 aliphatic heterocycles. The highest BCUT2D eigenvalue weighted by atomic mass is 19.3. The summed E-state index contributed by atoms with van der Waals surface area (Å²) in [4.78, 5) is 26.9. The molecule has 0 spiro atoms. The lowest BCUT2D eigenvalue weighted by Gasteiger charge is -2.42. The number of anilines is 1. The van der Waals surface area contributed by atoms with Crippen molar-refractivity contribution in [3.8, 4) is 5.75 Å². The normalized spacial score (nSPS) is 22.0. The molecule has 30 heavy (non-hydrogen) atoms. The summed E-state index contributed by atoms with van der Waals surface area (Å²) in [5, 5.41) is 2.68. The number of carbonyl (C=O) groups is 2. The summed E-state index contributed by atoms with van der Waals surface area (Å²) >= 11 is 0. The number of alkyl halides is 2. The molecule has 158 valence electrons. The first-order valence-electron chi connectivity index (χ1n) is 9.66. The van der Waals surface area contributed by atoms with Gasteiger partial charge in [-0.2, -0.15) is 0 Å². The number of halogens is 3. The maximum absolute atomic E-state index is 13.9. The van der Waals surface area contributed by atoms with E-state index in [0.29, 0.717) is 24.1 Å². The van der Waals surface area contributed by atoms with Crippen LogP contribution in [-0.2, 0) is 21.5 Å². The second kappa shape index (κ2) is 7.34. The summed E-state index contributed by atoms with van der Waals surface area (Å²) < 4.78 is 45.9. The van der Waals surface area contributed by atoms with Crippen molar-refractivity contribution in [2.45, 2.75) is 43.2 Å². The molecule has 2 aromatic rings. The summed E-state index contributed by atoms with van der Waals surface area (Å²) in [6.45, 7) is 0. The first-order chi connectivity index (χ1) is 14.3. The van der Waals surface area contributed by atoms with Crippen LogP contribution in [-0.4, -0.2) is 31.4 Å². The predicted molar refractivity (Wildman–Crippen MR) is 104 cm³/mol. The van der Waals surface area contributed by atoms with Gasteiger partial charge in [0.15, 0.2) is 5.54 Å². The largest absolute Gasteiger partial charge is 0.496 e. The fourth-order valence-corrected chi connectivity index (χ4v) is 4.50. The summed E-state index contributed by atoms with van der Waals surface area (Å²) in [5.74, 6) is -3.35. The van der Waals surface area contributed by atoms with Gasteiger partial charge in [-0.3, -0.25) is 14.5 Å². The van der Waals surface area contributed by atoms with E-state index < -0.39 is 42.1 Å². The number of carbonyl (C=O) groups excluding carboxylic acids is 2. The zero-order valence-corrected chi connectivity index (χ0v) is 16.3. The number of benzene rings is 2. The van der Waals surface area contributed by atoms with Crippen molar-refractivity contribution in [1.29, 1.82) is 0 Å². The van der Waals surface area contributed by atoms with Crippen molar-refractivity contribution in [1.82, 2.24) is 5.32 Å². The number of nitrogens with one attached hydrogen (secondary N) is 1. The number of amides is 2. The highest BCUT2D eigenvalue weighted by Crippen LogP contribution is 2.47. The van der Waals surface area contributed by atoms with Crippen LogP contribution in [0, 0.1) is 5.82 Å². The van der Waals surface area contributed by atoms with Crippen LogP contribution in [0.5, 0.6) is 5.75 Å². The Balaban J connectivity index is 1.81. The van der Waals surface area contributed by atoms with Crippen molar-refractivity contribution in [3.05, 3.63) is 59.4 Å². The smallest absolute Gasteiger partial charge is 0.252 e. The van der Waals surface area contributed by atoms with Crippen LogP contribution in [0.15, 0.2) is 42.5 Å². The highest BCUT2D eigenvalue weighted by Gasteiger charge is 2.54. The van der Waals surface area contributed by atoms with Crippen molar-refractivity contribution >= 4 is 18.0 Å². The van der Waals surface area contributed by atoms with E-state index in [2.05, 4.69) is 5.32 Å². The molecule has 5 nitrogen and oxygen atoms in total. The van der Waals surface area contributed by atoms with Gasteiger partial charge in [0.05, 0.1) is 7.11 Å². The third-order valence-electron chi connectivity index (χ3n) is 5.94. The molecule has 1 fully saturated rings. The minimum atomic E-state index is -2.80. The van der Waals surface area contributed by atoms with Gasteiger partial charge in [0, 0.05) is 30.1 Å². The summed E-state index contributed by atoms with van der Waals surface area (Å²) in [6.07, 6.45) is 0.250. The van der Waals surface area contributed by atoms with Crippen LogP contribution >= 0.6 is 0 Å². The molecule has 1 saturated carbocycles. The SMILES string of the molecule is COc1cccc2c1CC[C@@]2(C(=O)NC1CC(F)(F)C1)N(C=O)c1cccc(F)c1. The van der Waals surface area contributed by atoms with E-state index in [0.717, 1.165) is 5.56 Å². The Hall–Kier alpha value is -3.03. The van der Waals surface area contributed by atoms with Gasteiger partial charge in [-0.25, -0.2) is 13.2 Å². The van der Waals surface area contributed by atoms with Crippen LogP contribution in [0.2, 0.25) is 0 Å². The summed E-state index contributed by atoms with van der Waals surface area (Å²) in [7, 11) is 1.51. The first kappa shape index (κ1) is 20.3. The number of hydrogen-bond acceptors (Lipinski definition) is 3. The van der Waals surface area contributed by atoms with Gasteiger partial charge in [0.2, 0.25) is 6.41 Å². The van der Waals surface area contributed by atoms with Crippen LogP contribution in [0.3, 0.4) is 0 Å². The van der Waals surface area contributed by atoms with Gasteiger partial charge in [-0.1, -0.05) is 18.2 Å². The Morgan fingerprint density at radius 3 is 2.60 bits per heavy atom. The van der Waals surface area contributed by atoms with Gasteiger partial charge < -0.3 is 10.1 Å². The lowest BCUT2D eigenvalue weighted by Crippen LogP contribution is -2.60. The lowest BCUT2D eigenvalue weighted by atomic mass is 9.84. The summed E-state index contributed by atoms with van der Waals surface area (Å²) in [6, 6.07) is 9.88. The molecular weight excluding hydrogens is 397 g/mol. The molecular formula is C22H21F3N2O3. The second-order valence-corrected chi connectivity index (χ2v) is 7.74. The van der Waals surface area contributed by atoms with Gasteiger partial charge in [-0.05, 0) is 42.7 Å². The molecule has 0 saturated heterocycles.